The second kappa shape index (κ2) is 10.2. The normalized spacial score (nSPS) is 14.8. The van der Waals surface area contributed by atoms with E-state index < -0.39 is 18.1 Å². The Hall–Kier alpha value is -4.88. The topological polar surface area (TPSA) is 4.93 Å². The van der Waals surface area contributed by atoms with Crippen LogP contribution < -0.4 is 0 Å². The molecule has 0 aliphatic carbocycles. The highest BCUT2D eigenvalue weighted by Gasteiger charge is 2.22. The van der Waals surface area contributed by atoms with Gasteiger partial charge >= 0.3 is 0 Å². The molecule has 0 fully saturated rings. The lowest BCUT2D eigenvalue weighted by Crippen LogP contribution is -2.13. The number of hydrogen-bond acceptors (Lipinski definition) is 0. The summed E-state index contributed by atoms with van der Waals surface area (Å²) < 4.78 is 78.7. The summed E-state index contributed by atoms with van der Waals surface area (Å²) in [4.78, 5) is 0. The van der Waals surface area contributed by atoms with E-state index in [1.165, 1.54) is 10.9 Å². The average Bonchev–Trinajstić information content (AvgIpc) is 3.46. The highest BCUT2D eigenvalue weighted by atomic mass is 15.0. The third-order valence-electron chi connectivity index (χ3n) is 7.72. The van der Waals surface area contributed by atoms with Crippen molar-refractivity contribution in [1.29, 1.82) is 0 Å². The van der Waals surface area contributed by atoms with Gasteiger partial charge in [0.1, 0.15) is 0 Å². The van der Waals surface area contributed by atoms with Crippen LogP contribution in [-0.2, 0) is 5.41 Å². The van der Waals surface area contributed by atoms with Crippen LogP contribution in [0.3, 0.4) is 0 Å². The van der Waals surface area contributed by atoms with E-state index >= 15 is 0 Å². The fourth-order valence-electron chi connectivity index (χ4n) is 5.75. The Morgan fingerprint density at radius 2 is 1.21 bits per heavy atom. The zero-order chi connectivity index (χ0) is 36.7. The predicted molar refractivity (Wildman–Crippen MR) is 181 cm³/mol. The van der Waals surface area contributed by atoms with Crippen LogP contribution in [0, 0.1) is 6.92 Å². The van der Waals surface area contributed by atoms with Crippen LogP contribution in [0.4, 0.5) is 0 Å². The van der Waals surface area contributed by atoms with Crippen molar-refractivity contribution in [1.82, 2.24) is 4.57 Å². The lowest BCUT2D eigenvalue weighted by atomic mass is 9.85. The van der Waals surface area contributed by atoms with Crippen LogP contribution >= 0.6 is 0 Å². The second-order valence-electron chi connectivity index (χ2n) is 11.7. The van der Waals surface area contributed by atoms with Crippen molar-refractivity contribution in [3.63, 3.8) is 0 Å². The molecule has 1 aromatic heterocycles. The minimum Gasteiger partial charge on any atom is -0.309 e. The van der Waals surface area contributed by atoms with E-state index in [4.69, 9.17) is 12.3 Å². The second-order valence-corrected chi connectivity index (χ2v) is 11.7. The molecule has 1 heteroatoms. The summed E-state index contributed by atoms with van der Waals surface area (Å²) in [6.07, 6.45) is 0. The molecule has 0 spiro atoms. The molecule has 1 nitrogen and oxygen atoms in total. The Balaban J connectivity index is 1.48. The van der Waals surface area contributed by atoms with E-state index in [0.717, 1.165) is 27.7 Å². The lowest BCUT2D eigenvalue weighted by Gasteiger charge is -2.22. The molecule has 0 aliphatic heterocycles. The Kier molecular flexibility index (Phi) is 4.33. The van der Waals surface area contributed by atoms with Crippen LogP contribution in [0.2, 0.25) is 0 Å². The minimum absolute atomic E-state index is 0.00120. The molecule has 0 unspecified atom stereocenters. The number of para-hydroxylation sites is 2. The van der Waals surface area contributed by atoms with Crippen molar-refractivity contribution in [2.45, 2.75) is 33.1 Å². The number of fused-ring (bicyclic) bond motifs is 3. The van der Waals surface area contributed by atoms with Gasteiger partial charge in [-0.1, -0.05) is 129 Å². The van der Waals surface area contributed by atoms with Gasteiger partial charge in [0.05, 0.1) is 23.4 Å². The van der Waals surface area contributed by atoms with Crippen LogP contribution in [0.15, 0.2) is 139 Å². The van der Waals surface area contributed by atoms with Crippen LogP contribution in [0.25, 0.3) is 60.9 Å². The fraction of sp³-hybridized carbons (Fsp3) is 0.122. The number of benzene rings is 6. The summed E-state index contributed by atoms with van der Waals surface area (Å²) in [6.45, 7) is 8.20. The van der Waals surface area contributed by atoms with Gasteiger partial charge in [-0.15, -0.1) is 0 Å². The number of aromatic nitrogens is 1. The molecule has 6 aromatic carbocycles. The first-order chi connectivity index (χ1) is 24.1. The molecule has 7 rings (SSSR count). The average molecular weight is 551 g/mol. The number of rotatable bonds is 4. The minimum atomic E-state index is -0.497. The first-order valence-corrected chi connectivity index (χ1v) is 14.0. The zero-order valence-corrected chi connectivity index (χ0v) is 24.0. The van der Waals surface area contributed by atoms with Gasteiger partial charge in [-0.05, 0) is 87.7 Å². The first kappa shape index (κ1) is 17.8. The van der Waals surface area contributed by atoms with Crippen molar-refractivity contribution < 1.29 is 12.3 Å². The molecule has 0 bridgehead atoms. The molecule has 204 valence electrons. The standard InChI is InChI=1S/C41H35N/c1-28-12-10-15-31(24-28)34-26-32(29-13-6-5-7-14-29)25-33(27-34)30-20-22-35(23-21-30)42-39-19-9-8-16-36(39)37-17-11-18-38(40(37)42)41(2,3)4/h5-27H,1-4H3/i5D,6D,7D,10D,12D,13D,14D,15D,24D. The van der Waals surface area contributed by atoms with Crippen LogP contribution in [0.5, 0.6) is 0 Å². The maximum Gasteiger partial charge on any atom is 0.0632 e. The Morgan fingerprint density at radius 3 is 1.95 bits per heavy atom. The van der Waals surface area contributed by atoms with Gasteiger partial charge in [0.15, 0.2) is 0 Å². The fourth-order valence-corrected chi connectivity index (χ4v) is 5.75. The van der Waals surface area contributed by atoms with Gasteiger partial charge in [0.2, 0.25) is 0 Å². The lowest BCUT2D eigenvalue weighted by molar-refractivity contribution is 0.594. The zero-order valence-electron chi connectivity index (χ0n) is 33.0. The van der Waals surface area contributed by atoms with Crippen molar-refractivity contribution in [3.8, 4) is 39.1 Å². The summed E-state index contributed by atoms with van der Waals surface area (Å²) in [5.41, 5.74) is 6.76. The predicted octanol–water partition coefficient (Wildman–Crippen LogP) is 11.4. The third-order valence-corrected chi connectivity index (χ3v) is 7.72. The van der Waals surface area contributed by atoms with Crippen molar-refractivity contribution >= 4 is 21.8 Å². The van der Waals surface area contributed by atoms with Gasteiger partial charge < -0.3 is 4.57 Å². The SMILES string of the molecule is [2H]c1c([2H])c([2H])c(-c2cc(-c3ccc(-n4c5ccccc5c5cccc(C(C)(C)C)c54)cc3)cc(-c3c([2H])c([2H])c([2H])c(C)c3[2H])c2)c([2H])c1[2H]. The summed E-state index contributed by atoms with van der Waals surface area (Å²) >= 11 is 0. The van der Waals surface area contributed by atoms with Gasteiger partial charge in [-0.3, -0.25) is 0 Å². The first-order valence-electron chi connectivity index (χ1n) is 18.5. The van der Waals surface area contributed by atoms with E-state index in [2.05, 4.69) is 55.7 Å². The van der Waals surface area contributed by atoms with Gasteiger partial charge in [0.25, 0.3) is 0 Å². The van der Waals surface area contributed by atoms with E-state index in [0.29, 0.717) is 16.7 Å². The smallest absolute Gasteiger partial charge is 0.0632 e. The molecule has 42 heavy (non-hydrogen) atoms. The van der Waals surface area contributed by atoms with Gasteiger partial charge in [-0.25, -0.2) is 0 Å². The van der Waals surface area contributed by atoms with E-state index in [-0.39, 0.29) is 58.4 Å². The summed E-state index contributed by atoms with van der Waals surface area (Å²) in [7, 11) is 0. The molecular formula is C41H35N. The van der Waals surface area contributed by atoms with Gasteiger partial charge in [-0.2, -0.15) is 0 Å². The highest BCUT2D eigenvalue weighted by molar-refractivity contribution is 6.10. The molecule has 0 atom stereocenters. The molecule has 0 amide bonds. The van der Waals surface area contributed by atoms with Gasteiger partial charge in [0, 0.05) is 16.5 Å². The third kappa shape index (κ3) is 4.62. The largest absolute Gasteiger partial charge is 0.309 e. The molecule has 0 saturated heterocycles. The molecule has 0 radical (unpaired) electrons. The van der Waals surface area contributed by atoms with E-state index in [9.17, 15) is 0 Å². The molecule has 0 saturated carbocycles. The van der Waals surface area contributed by atoms with Crippen molar-refractivity contribution in [2.75, 3.05) is 0 Å². The number of hydrogen-bond donors (Lipinski definition) is 0. The van der Waals surface area contributed by atoms with Crippen LogP contribution in [0.1, 0.15) is 44.2 Å². The Bertz CT molecular complexity index is 2410. The van der Waals surface area contributed by atoms with E-state index in [1.54, 1.807) is 25.1 Å². The molecule has 0 aliphatic rings. The van der Waals surface area contributed by atoms with Crippen molar-refractivity contribution in [3.05, 3.63) is 150 Å². The highest BCUT2D eigenvalue weighted by Crippen LogP contribution is 2.39. The van der Waals surface area contributed by atoms with Crippen molar-refractivity contribution in [2.24, 2.45) is 0 Å². The maximum atomic E-state index is 8.86. The molecule has 1 heterocycles. The van der Waals surface area contributed by atoms with Crippen LogP contribution in [-0.4, -0.2) is 4.57 Å². The molecule has 7 aromatic rings. The number of nitrogens with zero attached hydrogens (tertiary/aromatic N) is 1. The molecular weight excluding hydrogens is 506 g/mol. The Morgan fingerprint density at radius 1 is 0.571 bits per heavy atom. The monoisotopic (exact) mass is 550 g/mol. The quantitative estimate of drug-likeness (QED) is 0.205. The molecule has 0 N–H and O–H groups in total. The maximum absolute atomic E-state index is 8.86. The summed E-state index contributed by atoms with van der Waals surface area (Å²) in [5.74, 6) is 0. The summed E-state index contributed by atoms with van der Waals surface area (Å²) in [6, 6.07) is 24.9. The summed E-state index contributed by atoms with van der Waals surface area (Å²) in [5, 5.41) is 2.32. The van der Waals surface area contributed by atoms with E-state index in [1.807, 2.05) is 36.4 Å². The Labute approximate surface area is 261 Å².